The predicted octanol–water partition coefficient (Wildman–Crippen LogP) is 1.82. The molecule has 5 rings (SSSR count). The average molecular weight is 471 g/mol. The fourth-order valence-corrected chi connectivity index (χ4v) is 6.40. The van der Waals surface area contributed by atoms with Gasteiger partial charge in [0, 0.05) is 36.3 Å². The van der Waals surface area contributed by atoms with E-state index in [0.717, 1.165) is 55.3 Å². The number of amides is 1. The van der Waals surface area contributed by atoms with Crippen molar-refractivity contribution in [1.82, 2.24) is 24.8 Å². The fraction of sp³-hybridized carbons (Fsp3) is 0.522. The normalized spacial score (nSPS) is 21.1. The number of nitrogens with two attached hydrogens (primary N) is 1. The number of likely N-dealkylation sites (tertiary alicyclic amines) is 2. The lowest BCUT2D eigenvalue weighted by molar-refractivity contribution is -0.134. The van der Waals surface area contributed by atoms with Gasteiger partial charge >= 0.3 is 0 Å². The van der Waals surface area contributed by atoms with Crippen molar-refractivity contribution in [2.75, 3.05) is 38.5 Å². The number of aromatic nitrogens is 3. The summed E-state index contributed by atoms with van der Waals surface area (Å²) >= 11 is 0. The summed E-state index contributed by atoms with van der Waals surface area (Å²) in [6, 6.07) is 4.19. The molecule has 2 aliphatic heterocycles. The zero-order valence-corrected chi connectivity index (χ0v) is 19.4. The summed E-state index contributed by atoms with van der Waals surface area (Å²) in [5.74, 6) is 0.390. The van der Waals surface area contributed by atoms with Crippen molar-refractivity contribution in [2.24, 2.45) is 11.1 Å². The van der Waals surface area contributed by atoms with Gasteiger partial charge in [0.15, 0.2) is 5.65 Å². The Labute approximate surface area is 193 Å². The number of carbonyl (C=O) groups excluding carboxylic acids is 1. The Morgan fingerprint density at radius 3 is 2.76 bits per heavy atom. The van der Waals surface area contributed by atoms with Crippen molar-refractivity contribution >= 4 is 37.9 Å². The molecular weight excluding hydrogens is 440 g/mol. The smallest absolute Gasteiger partial charge is 0.236 e. The highest BCUT2D eigenvalue weighted by molar-refractivity contribution is 7.89. The molecule has 5 heterocycles. The summed E-state index contributed by atoms with van der Waals surface area (Å²) in [5.41, 5.74) is 3.11. The van der Waals surface area contributed by atoms with Gasteiger partial charge in [-0.15, -0.1) is 0 Å². The lowest BCUT2D eigenvalue weighted by Gasteiger charge is -2.36. The zero-order valence-electron chi connectivity index (χ0n) is 18.6. The molecule has 2 fully saturated rings. The molecule has 0 spiro atoms. The number of nitrogens with one attached hydrogen (secondary N) is 1. The Bertz CT molecular complexity index is 1270. The van der Waals surface area contributed by atoms with Gasteiger partial charge < -0.3 is 9.88 Å². The van der Waals surface area contributed by atoms with E-state index in [1.807, 2.05) is 23.4 Å². The minimum Gasteiger partial charge on any atom is -0.360 e. The molecule has 9 nitrogen and oxygen atoms in total. The Kier molecular flexibility index (Phi) is 6.07. The van der Waals surface area contributed by atoms with Crippen LogP contribution in [0.4, 0.5) is 0 Å². The van der Waals surface area contributed by atoms with Crippen LogP contribution < -0.4 is 5.14 Å². The molecule has 0 bridgehead atoms. The van der Waals surface area contributed by atoms with Crippen molar-refractivity contribution in [3.8, 4) is 0 Å². The fourth-order valence-electron chi connectivity index (χ4n) is 5.47. The quantitative estimate of drug-likeness (QED) is 0.586. The molecule has 0 radical (unpaired) electrons. The van der Waals surface area contributed by atoms with Crippen LogP contribution in [-0.4, -0.2) is 77.6 Å². The Morgan fingerprint density at radius 2 is 1.97 bits per heavy atom. The van der Waals surface area contributed by atoms with Gasteiger partial charge in [0.1, 0.15) is 0 Å². The van der Waals surface area contributed by atoms with Crippen LogP contribution in [0.25, 0.3) is 21.9 Å². The SMILES string of the molecule is NS(=O)(=O)CC1CCCN(C(=O)CN2CCC(c3cc[nH]c4cnc5nccc5c34)CC2)C1. The summed E-state index contributed by atoms with van der Waals surface area (Å²) in [6.07, 6.45) is 9.23. The highest BCUT2D eigenvalue weighted by Gasteiger charge is 2.29. The third kappa shape index (κ3) is 4.87. The Morgan fingerprint density at radius 1 is 1.15 bits per heavy atom. The average Bonchev–Trinajstić information content (AvgIpc) is 3.27. The second-order valence-corrected chi connectivity index (χ2v) is 11.0. The molecule has 3 aromatic heterocycles. The molecule has 0 aliphatic carbocycles. The standard InChI is InChI=1S/C23H30N6O3S/c24-33(31,32)15-16-2-1-9-29(13-16)21(30)14-28-10-5-17(6-11-28)18-3-7-25-20-12-27-23-19(22(18)20)4-8-26-23/h3-4,7-8,12,16-17,25H,1-2,5-6,9-11,13-15H2,(H2,24,31,32). The number of rotatable bonds is 5. The lowest BCUT2D eigenvalue weighted by Crippen LogP contribution is -2.47. The summed E-state index contributed by atoms with van der Waals surface area (Å²) < 4.78 is 22.9. The van der Waals surface area contributed by atoms with E-state index in [0.29, 0.717) is 25.6 Å². The zero-order chi connectivity index (χ0) is 23.0. The molecule has 33 heavy (non-hydrogen) atoms. The van der Waals surface area contributed by atoms with Crippen LogP contribution in [0.1, 0.15) is 37.2 Å². The molecule has 3 N–H and O–H groups in total. The van der Waals surface area contributed by atoms with E-state index in [-0.39, 0.29) is 17.6 Å². The summed E-state index contributed by atoms with van der Waals surface area (Å²) in [5, 5.41) is 7.49. The van der Waals surface area contributed by atoms with E-state index >= 15 is 0 Å². The van der Waals surface area contributed by atoms with E-state index in [4.69, 9.17) is 5.14 Å². The third-order valence-corrected chi connectivity index (χ3v) is 7.99. The number of H-pyrrole nitrogens is 1. The molecule has 0 saturated carbocycles. The second-order valence-electron chi connectivity index (χ2n) is 9.39. The van der Waals surface area contributed by atoms with Gasteiger partial charge in [-0.25, -0.2) is 23.5 Å². The van der Waals surface area contributed by atoms with Crippen LogP contribution >= 0.6 is 0 Å². The molecule has 0 aromatic carbocycles. The van der Waals surface area contributed by atoms with Crippen LogP contribution in [0.5, 0.6) is 0 Å². The largest absolute Gasteiger partial charge is 0.360 e. The maximum absolute atomic E-state index is 12.9. The number of primary sulfonamides is 1. The van der Waals surface area contributed by atoms with Crippen LogP contribution in [0.15, 0.2) is 30.7 Å². The maximum Gasteiger partial charge on any atom is 0.236 e. The molecule has 176 valence electrons. The predicted molar refractivity (Wildman–Crippen MR) is 127 cm³/mol. The van der Waals surface area contributed by atoms with Crippen molar-refractivity contribution in [1.29, 1.82) is 0 Å². The number of nitrogens with zero attached hydrogens (tertiary/aromatic N) is 4. The van der Waals surface area contributed by atoms with Gasteiger partial charge in [0.2, 0.25) is 15.9 Å². The summed E-state index contributed by atoms with van der Waals surface area (Å²) in [7, 11) is -3.52. The first-order chi connectivity index (χ1) is 15.9. The molecule has 10 heteroatoms. The number of fused-ring (bicyclic) bond motifs is 3. The number of hydrogen-bond acceptors (Lipinski definition) is 6. The van der Waals surface area contributed by atoms with Crippen LogP contribution in [0.3, 0.4) is 0 Å². The molecule has 1 amide bonds. The number of sulfonamides is 1. The first kappa shape index (κ1) is 22.2. The molecule has 1 unspecified atom stereocenters. The summed E-state index contributed by atoms with van der Waals surface area (Å²) in [4.78, 5) is 29.0. The van der Waals surface area contributed by atoms with E-state index in [2.05, 4.69) is 25.9 Å². The number of piperidine rings is 2. The minimum atomic E-state index is -3.52. The van der Waals surface area contributed by atoms with Gasteiger partial charge in [0.05, 0.1) is 24.0 Å². The molecule has 3 aromatic rings. The number of aromatic amines is 1. The molecular formula is C23H30N6O3S. The number of hydrogen-bond donors (Lipinski definition) is 2. The Balaban J connectivity index is 1.22. The van der Waals surface area contributed by atoms with Gasteiger partial charge in [-0.2, -0.15) is 0 Å². The van der Waals surface area contributed by atoms with E-state index < -0.39 is 10.0 Å². The summed E-state index contributed by atoms with van der Waals surface area (Å²) in [6.45, 7) is 3.28. The molecule has 1 atom stereocenters. The lowest BCUT2D eigenvalue weighted by atomic mass is 9.87. The highest BCUT2D eigenvalue weighted by Crippen LogP contribution is 2.35. The van der Waals surface area contributed by atoms with E-state index in [1.54, 1.807) is 6.20 Å². The monoisotopic (exact) mass is 470 g/mol. The Hall–Kier alpha value is -2.56. The molecule has 2 saturated heterocycles. The van der Waals surface area contributed by atoms with Crippen molar-refractivity contribution in [2.45, 2.75) is 31.6 Å². The number of pyridine rings is 2. The van der Waals surface area contributed by atoms with Gasteiger partial charge in [-0.3, -0.25) is 9.69 Å². The van der Waals surface area contributed by atoms with Crippen molar-refractivity contribution < 1.29 is 13.2 Å². The topological polar surface area (TPSA) is 125 Å². The second kappa shape index (κ2) is 9.00. The molecule has 2 aliphatic rings. The van der Waals surface area contributed by atoms with Crippen LogP contribution in [-0.2, 0) is 14.8 Å². The first-order valence-corrected chi connectivity index (χ1v) is 13.3. The van der Waals surface area contributed by atoms with E-state index in [9.17, 15) is 13.2 Å². The van der Waals surface area contributed by atoms with Gasteiger partial charge in [0.25, 0.3) is 0 Å². The van der Waals surface area contributed by atoms with Gasteiger partial charge in [-0.05, 0) is 68.3 Å². The third-order valence-electron chi connectivity index (χ3n) is 7.05. The van der Waals surface area contributed by atoms with E-state index in [1.165, 1.54) is 10.9 Å². The van der Waals surface area contributed by atoms with Crippen LogP contribution in [0.2, 0.25) is 0 Å². The van der Waals surface area contributed by atoms with Crippen LogP contribution in [0, 0.1) is 5.92 Å². The first-order valence-electron chi connectivity index (χ1n) is 11.6. The van der Waals surface area contributed by atoms with Gasteiger partial charge in [-0.1, -0.05) is 0 Å². The van der Waals surface area contributed by atoms with Crippen molar-refractivity contribution in [3.63, 3.8) is 0 Å². The maximum atomic E-state index is 12.9. The minimum absolute atomic E-state index is 0.0493. The van der Waals surface area contributed by atoms with Crippen molar-refractivity contribution in [3.05, 3.63) is 36.3 Å². The number of carbonyl (C=O) groups is 1. The highest BCUT2D eigenvalue weighted by atomic mass is 32.2.